The van der Waals surface area contributed by atoms with Crippen molar-refractivity contribution >= 4 is 16.8 Å². The van der Waals surface area contributed by atoms with Crippen LogP contribution in [0.3, 0.4) is 0 Å². The summed E-state index contributed by atoms with van der Waals surface area (Å²) in [5, 5.41) is 10.7. The minimum atomic E-state index is -0.425. The Morgan fingerprint density at radius 2 is 2.00 bits per heavy atom. The van der Waals surface area contributed by atoms with Crippen LogP contribution in [-0.4, -0.2) is 25.9 Å². The average molecular weight is 339 g/mol. The van der Waals surface area contributed by atoms with Gasteiger partial charge in [-0.3, -0.25) is 14.4 Å². The quantitative estimate of drug-likeness (QED) is 0.715. The van der Waals surface area contributed by atoms with Gasteiger partial charge in [0.15, 0.2) is 0 Å². The number of fused-ring (bicyclic) bond motifs is 1. The Morgan fingerprint density at radius 1 is 1.24 bits per heavy atom. The van der Waals surface area contributed by atoms with Gasteiger partial charge in [0.1, 0.15) is 12.1 Å². The highest BCUT2D eigenvalue weighted by Gasteiger charge is 2.11. The lowest BCUT2D eigenvalue weighted by molar-refractivity contribution is -0.122. The number of aromatic amines is 1. The fourth-order valence-corrected chi connectivity index (χ4v) is 2.61. The number of nitrogens with one attached hydrogen (secondary N) is 2. The number of amides is 1. The Kier molecular flexibility index (Phi) is 4.42. The Hall–Kier alpha value is -3.29. The lowest BCUT2D eigenvalue weighted by Crippen LogP contribution is -2.35. The molecular weight excluding hydrogens is 322 g/mol. The Bertz CT molecular complexity index is 1070. The van der Waals surface area contributed by atoms with Crippen molar-refractivity contribution in [1.82, 2.24) is 25.3 Å². The Morgan fingerprint density at radius 3 is 2.76 bits per heavy atom. The summed E-state index contributed by atoms with van der Waals surface area (Å²) in [4.78, 5) is 39.1. The zero-order chi connectivity index (χ0) is 18.0. The molecule has 0 bridgehead atoms. The maximum absolute atomic E-state index is 12.3. The van der Waals surface area contributed by atoms with Crippen molar-refractivity contribution < 1.29 is 4.79 Å². The van der Waals surface area contributed by atoms with Crippen LogP contribution in [0.5, 0.6) is 0 Å². The van der Waals surface area contributed by atoms with Crippen molar-refractivity contribution in [3.8, 4) is 0 Å². The molecule has 0 unspecified atom stereocenters. The number of hydrogen-bond acceptors (Lipinski definition) is 5. The molecule has 0 fully saturated rings. The van der Waals surface area contributed by atoms with Crippen molar-refractivity contribution in [2.45, 2.75) is 26.9 Å². The number of benzene rings is 1. The maximum atomic E-state index is 12.3. The molecule has 1 aromatic carbocycles. The standard InChI is InChI=1S/C17H17N5O3/c1-10-7-11(2)19-16(24)13(10)8-18-15(23)9-22-17(25)12-5-3-4-6-14(12)20-21-22/h3-7H,8-9H2,1-2H3,(H,18,23)(H,19,24). The van der Waals surface area contributed by atoms with E-state index in [0.717, 1.165) is 15.9 Å². The van der Waals surface area contributed by atoms with Gasteiger partial charge in [0.25, 0.3) is 11.1 Å². The molecular formula is C17H17N5O3. The normalized spacial score (nSPS) is 10.8. The van der Waals surface area contributed by atoms with Crippen molar-refractivity contribution in [3.05, 3.63) is 67.9 Å². The molecule has 8 nitrogen and oxygen atoms in total. The Labute approximate surface area is 142 Å². The van der Waals surface area contributed by atoms with Gasteiger partial charge < -0.3 is 10.3 Å². The number of aryl methyl sites for hydroxylation is 2. The zero-order valence-corrected chi connectivity index (χ0v) is 13.9. The third-order valence-corrected chi connectivity index (χ3v) is 3.88. The van der Waals surface area contributed by atoms with Crippen LogP contribution in [0.25, 0.3) is 10.9 Å². The molecule has 0 spiro atoms. The molecule has 0 aliphatic carbocycles. The molecule has 0 aliphatic heterocycles. The first-order chi connectivity index (χ1) is 12.0. The molecule has 0 radical (unpaired) electrons. The number of carbonyl (C=O) groups excluding carboxylic acids is 1. The van der Waals surface area contributed by atoms with Gasteiger partial charge in [-0.1, -0.05) is 17.3 Å². The monoisotopic (exact) mass is 339 g/mol. The van der Waals surface area contributed by atoms with Crippen molar-refractivity contribution in [3.63, 3.8) is 0 Å². The van der Waals surface area contributed by atoms with E-state index in [0.29, 0.717) is 16.5 Å². The molecule has 2 N–H and O–H groups in total. The molecule has 128 valence electrons. The van der Waals surface area contributed by atoms with Crippen LogP contribution in [-0.2, 0) is 17.9 Å². The van der Waals surface area contributed by atoms with Crippen LogP contribution in [0.4, 0.5) is 0 Å². The molecule has 0 atom stereocenters. The largest absolute Gasteiger partial charge is 0.350 e. The van der Waals surface area contributed by atoms with E-state index in [-0.39, 0.29) is 24.2 Å². The van der Waals surface area contributed by atoms with Crippen molar-refractivity contribution in [2.24, 2.45) is 0 Å². The minimum Gasteiger partial charge on any atom is -0.350 e. The number of hydrogen-bond donors (Lipinski definition) is 2. The predicted octanol–water partition coefficient (Wildman–Crippen LogP) is 0.413. The second-order valence-electron chi connectivity index (χ2n) is 5.79. The summed E-state index contributed by atoms with van der Waals surface area (Å²) in [5.74, 6) is -0.425. The summed E-state index contributed by atoms with van der Waals surface area (Å²) >= 11 is 0. The summed E-state index contributed by atoms with van der Waals surface area (Å²) in [6.07, 6.45) is 0. The highest BCUT2D eigenvalue weighted by Crippen LogP contribution is 2.04. The molecule has 3 rings (SSSR count). The van der Waals surface area contributed by atoms with Gasteiger partial charge in [-0.2, -0.15) is 0 Å². The summed E-state index contributed by atoms with van der Waals surface area (Å²) in [5.41, 5.74) is 1.90. The van der Waals surface area contributed by atoms with Gasteiger partial charge in [-0.15, -0.1) is 5.10 Å². The van der Waals surface area contributed by atoms with Gasteiger partial charge in [-0.05, 0) is 37.6 Å². The highest BCUT2D eigenvalue weighted by molar-refractivity contribution is 5.78. The van der Waals surface area contributed by atoms with E-state index >= 15 is 0 Å². The van der Waals surface area contributed by atoms with Gasteiger partial charge in [0.05, 0.1) is 5.39 Å². The lowest BCUT2D eigenvalue weighted by Gasteiger charge is -2.09. The maximum Gasteiger partial charge on any atom is 0.278 e. The number of carbonyl (C=O) groups is 1. The summed E-state index contributed by atoms with van der Waals surface area (Å²) in [6, 6.07) is 8.63. The molecule has 8 heteroatoms. The molecule has 0 saturated carbocycles. The Balaban J connectivity index is 1.75. The van der Waals surface area contributed by atoms with Gasteiger partial charge in [0, 0.05) is 17.8 Å². The lowest BCUT2D eigenvalue weighted by atomic mass is 10.1. The molecule has 2 aromatic heterocycles. The molecule has 2 heterocycles. The first-order valence-corrected chi connectivity index (χ1v) is 7.74. The van der Waals surface area contributed by atoms with E-state index in [1.54, 1.807) is 31.2 Å². The third-order valence-electron chi connectivity index (χ3n) is 3.88. The van der Waals surface area contributed by atoms with Crippen LogP contribution in [0.1, 0.15) is 16.8 Å². The second-order valence-corrected chi connectivity index (χ2v) is 5.79. The fraction of sp³-hybridized carbons (Fsp3) is 0.235. The fourth-order valence-electron chi connectivity index (χ4n) is 2.61. The van der Waals surface area contributed by atoms with Gasteiger partial charge >= 0.3 is 0 Å². The summed E-state index contributed by atoms with van der Waals surface area (Å²) in [6.45, 7) is 3.42. The number of pyridine rings is 1. The van der Waals surface area contributed by atoms with E-state index in [4.69, 9.17) is 0 Å². The zero-order valence-electron chi connectivity index (χ0n) is 13.9. The molecule has 0 saturated heterocycles. The SMILES string of the molecule is Cc1cc(C)c(CNC(=O)Cn2nnc3ccccc3c2=O)c(=O)[nH]1. The molecule has 3 aromatic rings. The highest BCUT2D eigenvalue weighted by atomic mass is 16.2. The minimum absolute atomic E-state index is 0.0794. The van der Waals surface area contributed by atoms with E-state index in [1.807, 2.05) is 13.0 Å². The van der Waals surface area contributed by atoms with E-state index in [2.05, 4.69) is 20.6 Å². The van der Waals surface area contributed by atoms with Gasteiger partial charge in [0.2, 0.25) is 5.91 Å². The first-order valence-electron chi connectivity index (χ1n) is 7.74. The summed E-state index contributed by atoms with van der Waals surface area (Å²) in [7, 11) is 0. The predicted molar refractivity (Wildman–Crippen MR) is 92.2 cm³/mol. The second kappa shape index (κ2) is 6.68. The smallest absolute Gasteiger partial charge is 0.278 e. The summed E-state index contributed by atoms with van der Waals surface area (Å²) < 4.78 is 1.00. The van der Waals surface area contributed by atoms with Crippen LogP contribution in [0.2, 0.25) is 0 Å². The van der Waals surface area contributed by atoms with E-state index < -0.39 is 5.91 Å². The first kappa shape index (κ1) is 16.6. The van der Waals surface area contributed by atoms with Crippen molar-refractivity contribution in [2.75, 3.05) is 0 Å². The van der Waals surface area contributed by atoms with Crippen LogP contribution in [0, 0.1) is 13.8 Å². The number of H-pyrrole nitrogens is 1. The van der Waals surface area contributed by atoms with E-state index in [9.17, 15) is 14.4 Å². The van der Waals surface area contributed by atoms with Crippen LogP contribution < -0.4 is 16.4 Å². The van der Waals surface area contributed by atoms with Crippen LogP contribution >= 0.6 is 0 Å². The van der Waals surface area contributed by atoms with Gasteiger partial charge in [-0.25, -0.2) is 4.68 Å². The molecule has 0 aliphatic rings. The average Bonchev–Trinajstić information content (AvgIpc) is 2.56. The van der Waals surface area contributed by atoms with E-state index in [1.165, 1.54) is 0 Å². The molecule has 25 heavy (non-hydrogen) atoms. The van der Waals surface area contributed by atoms with Crippen molar-refractivity contribution in [1.29, 1.82) is 0 Å². The van der Waals surface area contributed by atoms with Crippen LogP contribution in [0.15, 0.2) is 39.9 Å². The third kappa shape index (κ3) is 3.47. The molecule has 1 amide bonds. The number of nitrogens with zero attached hydrogens (tertiary/aromatic N) is 3. The number of aromatic nitrogens is 4. The number of rotatable bonds is 4. The topological polar surface area (TPSA) is 110 Å².